The second-order valence-corrected chi connectivity index (χ2v) is 7.39. The minimum absolute atomic E-state index is 0.0299. The summed E-state index contributed by atoms with van der Waals surface area (Å²) in [6.07, 6.45) is 1.75. The summed E-state index contributed by atoms with van der Waals surface area (Å²) in [4.78, 5) is 17.2. The van der Waals surface area contributed by atoms with E-state index in [-0.39, 0.29) is 22.4 Å². The van der Waals surface area contributed by atoms with Crippen LogP contribution in [0.5, 0.6) is 0 Å². The molecule has 0 amide bonds. The zero-order chi connectivity index (χ0) is 19.3. The summed E-state index contributed by atoms with van der Waals surface area (Å²) in [6, 6.07) is 8.03. The van der Waals surface area contributed by atoms with Crippen LogP contribution in [0.3, 0.4) is 0 Å². The second-order valence-electron chi connectivity index (χ2n) is 7.04. The summed E-state index contributed by atoms with van der Waals surface area (Å²) in [5.74, 6) is -0.0912. The molecule has 0 saturated heterocycles. The Morgan fingerprint density at radius 2 is 2.00 bits per heavy atom. The largest absolute Gasteiger partial charge is 0.444 e. The van der Waals surface area contributed by atoms with E-state index in [1.807, 2.05) is 32.0 Å². The van der Waals surface area contributed by atoms with Crippen molar-refractivity contribution in [2.45, 2.75) is 39.0 Å². The van der Waals surface area contributed by atoms with Crippen molar-refractivity contribution in [3.05, 3.63) is 62.8 Å². The molecule has 1 unspecified atom stereocenters. The van der Waals surface area contributed by atoms with E-state index in [0.717, 1.165) is 22.0 Å². The number of nitrogens with zero attached hydrogens (tertiary/aromatic N) is 2. The van der Waals surface area contributed by atoms with Gasteiger partial charge in [0.15, 0.2) is 5.78 Å². The number of rotatable bonds is 1. The van der Waals surface area contributed by atoms with E-state index in [1.165, 1.54) is 0 Å². The van der Waals surface area contributed by atoms with Crippen molar-refractivity contribution in [3.63, 3.8) is 0 Å². The lowest BCUT2D eigenvalue weighted by molar-refractivity contribution is -0.116. The number of fused-ring (bicyclic) bond motifs is 1. The highest BCUT2D eigenvalue weighted by Crippen LogP contribution is 2.45. The van der Waals surface area contributed by atoms with Crippen molar-refractivity contribution in [1.29, 1.82) is 5.26 Å². The molecule has 1 aromatic heterocycles. The highest BCUT2D eigenvalue weighted by atomic mass is 35.5. The summed E-state index contributed by atoms with van der Waals surface area (Å²) in [5.41, 5.74) is 10.3. The Balaban J connectivity index is 1.99. The molecule has 0 fully saturated rings. The molecule has 6 heteroatoms. The summed E-state index contributed by atoms with van der Waals surface area (Å²) < 4.78 is 5.61. The molecule has 136 valence electrons. The molecular weight excluding hydrogens is 362 g/mol. The lowest BCUT2D eigenvalue weighted by Crippen LogP contribution is -2.27. The fourth-order valence-corrected chi connectivity index (χ4v) is 4.06. The van der Waals surface area contributed by atoms with Crippen molar-refractivity contribution in [3.8, 4) is 6.07 Å². The highest BCUT2D eigenvalue weighted by molar-refractivity contribution is 6.31. The first-order valence-electron chi connectivity index (χ1n) is 8.82. The molecule has 5 nitrogen and oxygen atoms in total. The molecule has 4 rings (SSSR count). The number of hydrogen-bond acceptors (Lipinski definition) is 5. The number of hydrogen-bond donors (Lipinski definition) is 1. The molecule has 1 atom stereocenters. The molecule has 0 spiro atoms. The van der Waals surface area contributed by atoms with Gasteiger partial charge in [0.25, 0.3) is 0 Å². The van der Waals surface area contributed by atoms with Crippen LogP contribution in [-0.2, 0) is 9.53 Å². The minimum Gasteiger partial charge on any atom is -0.444 e. The van der Waals surface area contributed by atoms with Gasteiger partial charge in [-0.05, 0) is 49.6 Å². The van der Waals surface area contributed by atoms with Gasteiger partial charge in [-0.2, -0.15) is 5.26 Å². The number of allylic oxidation sites excluding steroid dienone is 3. The zero-order valence-electron chi connectivity index (χ0n) is 15.1. The molecular formula is C21H18ClN3O2. The maximum Gasteiger partial charge on any atom is 0.205 e. The van der Waals surface area contributed by atoms with Crippen LogP contribution in [-0.4, -0.2) is 10.8 Å². The molecule has 2 aromatic rings. The van der Waals surface area contributed by atoms with Gasteiger partial charge in [0.1, 0.15) is 22.6 Å². The van der Waals surface area contributed by atoms with Gasteiger partial charge in [-0.3, -0.25) is 4.79 Å². The summed E-state index contributed by atoms with van der Waals surface area (Å²) >= 11 is 6.52. The number of carbonyl (C=O) groups excluding carboxylic acids is 1. The Hall–Kier alpha value is -2.84. The topological polar surface area (TPSA) is 89.0 Å². The van der Waals surface area contributed by atoms with Gasteiger partial charge >= 0.3 is 0 Å². The molecule has 0 radical (unpaired) electrons. The van der Waals surface area contributed by atoms with Crippen LogP contribution in [0.25, 0.3) is 10.9 Å². The Bertz CT molecular complexity index is 1110. The monoisotopic (exact) mass is 379 g/mol. The van der Waals surface area contributed by atoms with Gasteiger partial charge in [-0.1, -0.05) is 11.6 Å². The van der Waals surface area contributed by atoms with E-state index in [1.54, 1.807) is 0 Å². The Labute approximate surface area is 162 Å². The maximum atomic E-state index is 12.7. The minimum atomic E-state index is -0.641. The van der Waals surface area contributed by atoms with Gasteiger partial charge < -0.3 is 10.5 Å². The lowest BCUT2D eigenvalue weighted by atomic mass is 9.78. The number of ether oxygens (including phenoxy) is 1. The van der Waals surface area contributed by atoms with Crippen molar-refractivity contribution < 1.29 is 9.53 Å². The number of aryl methyl sites for hydroxylation is 2. The van der Waals surface area contributed by atoms with Crippen molar-refractivity contribution >= 4 is 28.3 Å². The third kappa shape index (κ3) is 2.77. The van der Waals surface area contributed by atoms with Crippen LogP contribution in [0.2, 0.25) is 5.15 Å². The Morgan fingerprint density at radius 3 is 2.74 bits per heavy atom. The highest BCUT2D eigenvalue weighted by Gasteiger charge is 2.39. The zero-order valence-corrected chi connectivity index (χ0v) is 15.9. The van der Waals surface area contributed by atoms with Crippen LogP contribution in [0.15, 0.2) is 41.0 Å². The third-order valence-electron chi connectivity index (χ3n) is 5.33. The second kappa shape index (κ2) is 6.40. The van der Waals surface area contributed by atoms with Crippen molar-refractivity contribution in [2.75, 3.05) is 0 Å². The molecule has 2 heterocycles. The molecule has 1 aliphatic heterocycles. The number of pyridine rings is 1. The fraction of sp³-hybridized carbons (Fsp3) is 0.286. The summed E-state index contributed by atoms with van der Waals surface area (Å²) in [5, 5.41) is 10.9. The number of ketones is 1. The SMILES string of the molecule is Cc1cc2cc(C3C(C#N)=C(N)OC4=C3C(=O)CCC4)c(Cl)nc2cc1C. The van der Waals surface area contributed by atoms with E-state index in [4.69, 9.17) is 22.1 Å². The van der Waals surface area contributed by atoms with Gasteiger partial charge in [-0.25, -0.2) is 4.98 Å². The van der Waals surface area contributed by atoms with Gasteiger partial charge in [0.2, 0.25) is 5.88 Å². The number of aromatic nitrogens is 1. The van der Waals surface area contributed by atoms with Crippen LogP contribution >= 0.6 is 11.6 Å². The van der Waals surface area contributed by atoms with E-state index in [2.05, 4.69) is 11.1 Å². The molecule has 2 aliphatic rings. The van der Waals surface area contributed by atoms with E-state index < -0.39 is 5.92 Å². The van der Waals surface area contributed by atoms with E-state index >= 15 is 0 Å². The summed E-state index contributed by atoms with van der Waals surface area (Å²) in [6.45, 7) is 4.05. The first-order valence-corrected chi connectivity index (χ1v) is 9.19. The predicted octanol–water partition coefficient (Wildman–Crippen LogP) is 4.32. The van der Waals surface area contributed by atoms with Crippen molar-refractivity contribution in [1.82, 2.24) is 4.98 Å². The Kier molecular flexibility index (Phi) is 4.16. The number of halogens is 1. The average Bonchev–Trinajstić information content (AvgIpc) is 2.62. The van der Waals surface area contributed by atoms with Gasteiger partial charge in [0, 0.05) is 29.4 Å². The van der Waals surface area contributed by atoms with Crippen LogP contribution in [0, 0.1) is 25.2 Å². The standard InChI is InChI=1S/C21H18ClN3O2/c1-10-6-12-8-13(20(22)25-15(12)7-11(10)2)18-14(9-23)21(24)27-17-5-3-4-16(26)19(17)18/h6-8,18H,3-5,24H2,1-2H3. The van der Waals surface area contributed by atoms with Crippen LogP contribution < -0.4 is 5.73 Å². The quantitative estimate of drug-likeness (QED) is 0.745. The van der Waals surface area contributed by atoms with Crippen molar-refractivity contribution in [2.24, 2.45) is 5.73 Å². The van der Waals surface area contributed by atoms with E-state index in [0.29, 0.717) is 36.2 Å². The number of nitrogens with two attached hydrogens (primary N) is 1. The van der Waals surface area contributed by atoms with Crippen LogP contribution in [0.4, 0.5) is 0 Å². The molecule has 0 saturated carbocycles. The summed E-state index contributed by atoms with van der Waals surface area (Å²) in [7, 11) is 0. The number of Topliss-reactive ketones (excluding diaryl/α,β-unsaturated/α-hetero) is 1. The molecule has 0 bridgehead atoms. The third-order valence-corrected chi connectivity index (χ3v) is 5.63. The molecule has 1 aliphatic carbocycles. The first-order chi connectivity index (χ1) is 12.9. The smallest absolute Gasteiger partial charge is 0.205 e. The lowest BCUT2D eigenvalue weighted by Gasteiger charge is -2.31. The average molecular weight is 380 g/mol. The number of nitriles is 1. The molecule has 2 N–H and O–H groups in total. The fourth-order valence-electron chi connectivity index (χ4n) is 3.80. The van der Waals surface area contributed by atoms with Gasteiger partial charge in [-0.15, -0.1) is 0 Å². The Morgan fingerprint density at radius 1 is 1.26 bits per heavy atom. The van der Waals surface area contributed by atoms with E-state index in [9.17, 15) is 10.1 Å². The predicted molar refractivity (Wildman–Crippen MR) is 103 cm³/mol. The molecule has 1 aromatic carbocycles. The van der Waals surface area contributed by atoms with Crippen LogP contribution in [0.1, 0.15) is 41.9 Å². The number of carbonyl (C=O) groups is 1. The number of benzene rings is 1. The normalized spacial score (nSPS) is 19.8. The molecule has 27 heavy (non-hydrogen) atoms. The first kappa shape index (κ1) is 17.6. The maximum absolute atomic E-state index is 12.7. The van der Waals surface area contributed by atoms with Gasteiger partial charge in [0.05, 0.1) is 11.4 Å².